The third-order valence-corrected chi connectivity index (χ3v) is 6.85. The van der Waals surface area contributed by atoms with Crippen LogP contribution >= 0.6 is 9.30 Å². The summed E-state index contributed by atoms with van der Waals surface area (Å²) in [6.07, 6.45) is 40.8. The fourth-order valence-electron chi connectivity index (χ4n) is 4.67. The van der Waals surface area contributed by atoms with Gasteiger partial charge in [-0.1, -0.05) is 180 Å². The van der Waals surface area contributed by atoms with E-state index in [4.69, 9.17) is 0 Å². The van der Waals surface area contributed by atoms with Crippen LogP contribution in [-0.4, -0.2) is 0 Å². The van der Waals surface area contributed by atoms with Crippen molar-refractivity contribution in [3.05, 3.63) is 21.8 Å². The van der Waals surface area contributed by atoms with Gasteiger partial charge in [0.1, 0.15) is 0 Å². The minimum absolute atomic E-state index is 0. The Kier molecular flexibility index (Phi) is 54.5. The Morgan fingerprint density at radius 3 is 0.647 bits per heavy atom. The van der Waals surface area contributed by atoms with Crippen molar-refractivity contribution in [1.29, 1.82) is 0 Å². The molecule has 0 bridgehead atoms. The zero-order chi connectivity index (χ0) is 23.8. The maximum atomic E-state index is 4.64. The van der Waals surface area contributed by atoms with Gasteiger partial charge in [0.25, 0.3) is 0 Å². The molecule has 0 radical (unpaired) electrons. The molecule has 34 heavy (non-hydrogen) atoms. The van der Waals surface area contributed by atoms with Crippen LogP contribution in [0.3, 0.4) is 0 Å². The molecule has 0 aliphatic heterocycles. The van der Waals surface area contributed by atoms with Gasteiger partial charge in [0.05, 0.1) is 0 Å². The SMILES string of the molecule is [CH2-]CCCCCCCCCCCCCCCCCCCCCCCCCCCCC.[CH3-].[CH3-].[Cl][Ti+3]. The Hall–Kier alpha value is 1.00. The van der Waals surface area contributed by atoms with Crippen LogP contribution in [0.2, 0.25) is 0 Å². The third-order valence-electron chi connectivity index (χ3n) is 6.85. The Balaban J connectivity index is -0.00000109. The van der Waals surface area contributed by atoms with E-state index < -0.39 is 0 Å². The normalized spacial score (nSPS) is 10.3. The van der Waals surface area contributed by atoms with Crippen LogP contribution in [0.5, 0.6) is 0 Å². The van der Waals surface area contributed by atoms with E-state index >= 15 is 0 Å². The van der Waals surface area contributed by atoms with Crippen molar-refractivity contribution in [3.8, 4) is 0 Å². The van der Waals surface area contributed by atoms with Gasteiger partial charge in [-0.3, -0.25) is 0 Å². The summed E-state index contributed by atoms with van der Waals surface area (Å²) in [6.45, 7) is 6.22. The second kappa shape index (κ2) is 44.0. The second-order valence-corrected chi connectivity index (χ2v) is 10.0. The van der Waals surface area contributed by atoms with E-state index in [0.717, 1.165) is 6.42 Å². The van der Waals surface area contributed by atoms with Crippen LogP contribution in [0.4, 0.5) is 0 Å². The number of halogens is 1. The molecule has 0 N–H and O–H groups in total. The standard InChI is InChI=1S/C30H61.2CH3.ClH.Ti/c1-3-5-7-9-11-13-15-17-19-21-23-25-27-29-30-28-26-24-22-20-18-16-14-12-10-8-6-4-2;;;;/h1,3-30H2,2H3;2*1H3;1H;/q3*-1;;+4/p-1. The van der Waals surface area contributed by atoms with Gasteiger partial charge in [0.15, 0.2) is 0 Å². The van der Waals surface area contributed by atoms with Gasteiger partial charge in [0, 0.05) is 0 Å². The predicted molar refractivity (Wildman–Crippen MR) is 159 cm³/mol. The third kappa shape index (κ3) is 43.1. The first-order chi connectivity index (χ1) is 15.9. The van der Waals surface area contributed by atoms with Crippen molar-refractivity contribution < 1.29 is 19.4 Å². The van der Waals surface area contributed by atoms with Crippen LogP contribution in [0.25, 0.3) is 0 Å². The molecule has 0 spiro atoms. The summed E-state index contributed by atoms with van der Waals surface area (Å²) in [7, 11) is 4.64. The molecule has 0 unspecified atom stereocenters. The van der Waals surface area contributed by atoms with Gasteiger partial charge in [-0.15, -0.1) is 0 Å². The molecule has 0 saturated heterocycles. The molecule has 0 atom stereocenters. The molecule has 2 heteroatoms. The molecule has 0 nitrogen and oxygen atoms in total. The summed E-state index contributed by atoms with van der Waals surface area (Å²) in [5, 5.41) is 0. The quantitative estimate of drug-likeness (QED) is 0.0558. The number of rotatable bonds is 27. The molecule has 0 aliphatic rings. The van der Waals surface area contributed by atoms with E-state index in [2.05, 4.69) is 23.2 Å². The van der Waals surface area contributed by atoms with E-state index in [0.29, 0.717) is 0 Å². The van der Waals surface area contributed by atoms with Gasteiger partial charge in [0.2, 0.25) is 0 Å². The van der Waals surface area contributed by atoms with Crippen molar-refractivity contribution in [3.63, 3.8) is 0 Å². The van der Waals surface area contributed by atoms with Gasteiger partial charge < -0.3 is 21.8 Å². The minimum atomic E-state index is 0. The van der Waals surface area contributed by atoms with E-state index in [1.165, 1.54) is 193 Å². The van der Waals surface area contributed by atoms with Crippen LogP contribution in [0.15, 0.2) is 0 Å². The molecule has 0 rings (SSSR count). The van der Waals surface area contributed by atoms with Crippen molar-refractivity contribution in [2.24, 2.45) is 0 Å². The van der Waals surface area contributed by atoms with E-state index in [1.807, 2.05) is 0 Å². The second-order valence-electron chi connectivity index (χ2n) is 10.0. The Bertz CT molecular complexity index is 254. The molecule has 0 saturated carbocycles. The van der Waals surface area contributed by atoms with E-state index in [9.17, 15) is 0 Å². The van der Waals surface area contributed by atoms with Crippen molar-refractivity contribution in [2.45, 2.75) is 187 Å². The molecule has 0 amide bonds. The van der Waals surface area contributed by atoms with Crippen LogP contribution in [0.1, 0.15) is 187 Å². The number of hydrogen-bond acceptors (Lipinski definition) is 0. The molecular weight excluding hydrogens is 468 g/mol. The number of hydrogen-bond donors (Lipinski definition) is 0. The first-order valence-electron chi connectivity index (χ1n) is 14.9. The first-order valence-corrected chi connectivity index (χ1v) is 17.0. The Labute approximate surface area is 236 Å². The molecule has 0 aliphatic carbocycles. The Morgan fingerprint density at radius 1 is 0.353 bits per heavy atom. The van der Waals surface area contributed by atoms with Gasteiger partial charge in [-0.2, -0.15) is 6.42 Å². The van der Waals surface area contributed by atoms with E-state index in [1.54, 1.807) is 0 Å². The predicted octanol–water partition coefficient (Wildman–Crippen LogP) is 13.4. The van der Waals surface area contributed by atoms with Gasteiger partial charge in [-0.25, -0.2) is 0 Å². The fourth-order valence-corrected chi connectivity index (χ4v) is 4.67. The monoisotopic (exact) mass is 534 g/mol. The average molecular weight is 535 g/mol. The van der Waals surface area contributed by atoms with Gasteiger partial charge in [-0.05, 0) is 0 Å². The molecule has 0 fully saturated rings. The van der Waals surface area contributed by atoms with Crippen molar-refractivity contribution >= 4 is 9.30 Å². The maximum absolute atomic E-state index is 4.64. The topological polar surface area (TPSA) is 0 Å². The van der Waals surface area contributed by atoms with Crippen LogP contribution < -0.4 is 0 Å². The van der Waals surface area contributed by atoms with Crippen molar-refractivity contribution in [1.82, 2.24) is 0 Å². The zero-order valence-electron chi connectivity index (χ0n) is 24.4. The Morgan fingerprint density at radius 2 is 0.500 bits per heavy atom. The van der Waals surface area contributed by atoms with Crippen LogP contribution in [0, 0.1) is 21.8 Å². The molecule has 0 heterocycles. The average Bonchev–Trinajstić information content (AvgIpc) is 2.82. The van der Waals surface area contributed by atoms with E-state index in [-0.39, 0.29) is 14.9 Å². The molecule has 0 aromatic rings. The summed E-state index contributed by atoms with van der Waals surface area (Å²) in [4.78, 5) is 0. The molecule has 0 aromatic heterocycles. The van der Waals surface area contributed by atoms with Crippen LogP contribution in [-0.2, 0) is 19.4 Å². The molecular formula is C32H67ClTi. The fraction of sp³-hybridized carbons (Fsp3) is 0.906. The molecule has 0 aromatic carbocycles. The van der Waals surface area contributed by atoms with Crippen molar-refractivity contribution in [2.75, 3.05) is 0 Å². The summed E-state index contributed by atoms with van der Waals surface area (Å²) in [5.41, 5.74) is 0. The summed E-state index contributed by atoms with van der Waals surface area (Å²) < 4.78 is 0. The first kappa shape index (κ1) is 42.1. The van der Waals surface area contributed by atoms with Gasteiger partial charge >= 0.3 is 28.7 Å². The summed E-state index contributed by atoms with van der Waals surface area (Å²) in [6, 6.07) is 0. The number of unbranched alkanes of at least 4 members (excludes halogenated alkanes) is 27. The summed E-state index contributed by atoms with van der Waals surface area (Å²) >= 11 is 1.47. The molecule has 206 valence electrons. The zero-order valence-corrected chi connectivity index (χ0v) is 26.7. The summed E-state index contributed by atoms with van der Waals surface area (Å²) in [5.74, 6) is 0.